The Morgan fingerprint density at radius 1 is 1.50 bits per heavy atom. The molecule has 0 aliphatic carbocycles. The Labute approximate surface area is 108 Å². The van der Waals surface area contributed by atoms with Crippen LogP contribution in [0.15, 0.2) is 24.3 Å². The van der Waals surface area contributed by atoms with Crippen molar-refractivity contribution in [3.8, 4) is 5.75 Å². The van der Waals surface area contributed by atoms with Crippen LogP contribution >= 0.6 is 0 Å². The summed E-state index contributed by atoms with van der Waals surface area (Å²) in [6.45, 7) is 6.36. The Bertz CT molecular complexity index is 453. The number of hydrogen-bond acceptors (Lipinski definition) is 2. The van der Waals surface area contributed by atoms with Crippen molar-refractivity contribution in [3.63, 3.8) is 0 Å². The maximum absolute atomic E-state index is 11.5. The number of carbonyl (C=O) groups is 1. The predicted octanol–water partition coefficient (Wildman–Crippen LogP) is 3.30. The molecule has 3 heteroatoms. The highest BCUT2D eigenvalue weighted by atomic mass is 16.5. The molecule has 0 fully saturated rings. The Hall–Kier alpha value is -1.51. The van der Waals surface area contributed by atoms with Crippen LogP contribution in [0.3, 0.4) is 0 Å². The molecule has 1 aromatic carbocycles. The summed E-state index contributed by atoms with van der Waals surface area (Å²) in [5.41, 5.74) is 0.441. The summed E-state index contributed by atoms with van der Waals surface area (Å²) in [5, 5.41) is 9.47. The molecule has 0 bridgehead atoms. The summed E-state index contributed by atoms with van der Waals surface area (Å²) < 4.78 is 5.62. The first kappa shape index (κ1) is 12.9. The van der Waals surface area contributed by atoms with E-state index in [1.54, 1.807) is 0 Å². The van der Waals surface area contributed by atoms with Crippen molar-refractivity contribution in [2.75, 3.05) is 6.61 Å². The molecule has 98 valence electrons. The monoisotopic (exact) mass is 248 g/mol. The summed E-state index contributed by atoms with van der Waals surface area (Å²) in [5.74, 6) is 0.466. The molecule has 2 rings (SSSR count). The number of para-hydroxylation sites is 1. The second-order valence-electron chi connectivity index (χ2n) is 5.63. The summed E-state index contributed by atoms with van der Waals surface area (Å²) >= 11 is 0. The van der Waals surface area contributed by atoms with E-state index in [9.17, 15) is 9.90 Å². The molecule has 0 saturated carbocycles. The lowest BCUT2D eigenvalue weighted by Crippen LogP contribution is -2.35. The fraction of sp³-hybridized carbons (Fsp3) is 0.533. The van der Waals surface area contributed by atoms with Crippen LogP contribution in [0.25, 0.3) is 0 Å². The van der Waals surface area contributed by atoms with Crippen LogP contribution < -0.4 is 4.74 Å². The largest absolute Gasteiger partial charge is 0.493 e. The van der Waals surface area contributed by atoms with Gasteiger partial charge in [-0.15, -0.1) is 0 Å². The van der Waals surface area contributed by atoms with E-state index >= 15 is 0 Å². The van der Waals surface area contributed by atoms with Gasteiger partial charge in [-0.2, -0.15) is 0 Å². The maximum atomic E-state index is 11.5. The van der Waals surface area contributed by atoms with Gasteiger partial charge in [0.1, 0.15) is 5.75 Å². The van der Waals surface area contributed by atoms with E-state index in [-0.39, 0.29) is 11.8 Å². The molecule has 0 aromatic heterocycles. The molecule has 2 atom stereocenters. The van der Waals surface area contributed by atoms with Gasteiger partial charge in [0, 0.05) is 11.5 Å². The molecule has 18 heavy (non-hydrogen) atoms. The Kier molecular flexibility index (Phi) is 3.33. The Morgan fingerprint density at radius 3 is 2.78 bits per heavy atom. The molecule has 0 spiro atoms. The number of benzene rings is 1. The van der Waals surface area contributed by atoms with Crippen molar-refractivity contribution in [1.29, 1.82) is 0 Å². The van der Waals surface area contributed by atoms with Crippen molar-refractivity contribution in [3.05, 3.63) is 29.8 Å². The van der Waals surface area contributed by atoms with E-state index in [1.165, 1.54) is 0 Å². The van der Waals surface area contributed by atoms with Gasteiger partial charge in [-0.25, -0.2) is 0 Å². The first-order valence-corrected chi connectivity index (χ1v) is 6.40. The zero-order valence-electron chi connectivity index (χ0n) is 11.1. The minimum Gasteiger partial charge on any atom is -0.493 e. The number of carboxylic acids is 1. The lowest BCUT2D eigenvalue weighted by atomic mass is 9.72. The van der Waals surface area contributed by atoms with Crippen LogP contribution in [0.1, 0.15) is 38.7 Å². The van der Waals surface area contributed by atoms with Gasteiger partial charge in [0.2, 0.25) is 0 Å². The van der Waals surface area contributed by atoms with E-state index < -0.39 is 11.4 Å². The zero-order valence-corrected chi connectivity index (χ0v) is 11.1. The molecule has 1 heterocycles. The summed E-state index contributed by atoms with van der Waals surface area (Å²) in [6, 6.07) is 7.91. The van der Waals surface area contributed by atoms with Crippen molar-refractivity contribution in [2.24, 2.45) is 11.3 Å². The number of hydrogen-bond donors (Lipinski definition) is 1. The smallest absolute Gasteiger partial charge is 0.309 e. The molecule has 0 radical (unpaired) electrons. The van der Waals surface area contributed by atoms with Gasteiger partial charge in [-0.05, 0) is 25.3 Å². The number of rotatable bonds is 4. The van der Waals surface area contributed by atoms with Gasteiger partial charge < -0.3 is 9.84 Å². The number of carboxylic acid groups (broad SMARTS) is 1. The van der Waals surface area contributed by atoms with E-state index in [1.807, 2.05) is 45.0 Å². The van der Waals surface area contributed by atoms with Gasteiger partial charge in [-0.1, -0.05) is 32.0 Å². The molecule has 1 N–H and O–H groups in total. The molecule has 1 aromatic rings. The molecule has 1 aliphatic rings. The SMILES string of the molecule is CC(C)C(C)(CC1COc2ccccc21)C(=O)O. The quantitative estimate of drug-likeness (QED) is 0.889. The van der Waals surface area contributed by atoms with Gasteiger partial charge >= 0.3 is 5.97 Å². The average molecular weight is 248 g/mol. The third kappa shape index (κ3) is 2.09. The predicted molar refractivity (Wildman–Crippen MR) is 69.9 cm³/mol. The normalized spacial score (nSPS) is 21.2. The van der Waals surface area contributed by atoms with Crippen molar-refractivity contribution in [2.45, 2.75) is 33.1 Å². The summed E-state index contributed by atoms with van der Waals surface area (Å²) in [6.07, 6.45) is 0.622. The van der Waals surface area contributed by atoms with Crippen LogP contribution in [0, 0.1) is 11.3 Å². The lowest BCUT2D eigenvalue weighted by molar-refractivity contribution is -0.151. The van der Waals surface area contributed by atoms with Crippen LogP contribution in [-0.4, -0.2) is 17.7 Å². The molecular formula is C15H20O3. The second kappa shape index (κ2) is 4.63. The van der Waals surface area contributed by atoms with Gasteiger partial charge in [-0.3, -0.25) is 4.79 Å². The topological polar surface area (TPSA) is 46.5 Å². The maximum Gasteiger partial charge on any atom is 0.309 e. The van der Waals surface area contributed by atoms with Crippen LogP contribution in [0.5, 0.6) is 5.75 Å². The average Bonchev–Trinajstić information content (AvgIpc) is 2.72. The second-order valence-corrected chi connectivity index (χ2v) is 5.63. The van der Waals surface area contributed by atoms with Crippen LogP contribution in [0.4, 0.5) is 0 Å². The van der Waals surface area contributed by atoms with Crippen LogP contribution in [0.2, 0.25) is 0 Å². The molecule has 2 unspecified atom stereocenters. The van der Waals surface area contributed by atoms with Crippen molar-refractivity contribution >= 4 is 5.97 Å². The highest BCUT2D eigenvalue weighted by Gasteiger charge is 2.41. The molecular weight excluding hydrogens is 228 g/mol. The third-order valence-corrected chi connectivity index (χ3v) is 4.23. The van der Waals surface area contributed by atoms with E-state index in [0.717, 1.165) is 11.3 Å². The first-order chi connectivity index (χ1) is 8.45. The van der Waals surface area contributed by atoms with Gasteiger partial charge in [0.25, 0.3) is 0 Å². The standard InChI is InChI=1S/C15H20O3/c1-10(2)15(3,14(16)17)8-11-9-18-13-7-5-4-6-12(11)13/h4-7,10-11H,8-9H2,1-3H3,(H,16,17). The number of fused-ring (bicyclic) bond motifs is 1. The highest BCUT2D eigenvalue weighted by molar-refractivity contribution is 5.74. The molecule has 0 saturated heterocycles. The van der Waals surface area contributed by atoms with E-state index in [2.05, 4.69) is 0 Å². The van der Waals surface area contributed by atoms with Gasteiger partial charge in [0.05, 0.1) is 12.0 Å². The molecule has 0 amide bonds. The summed E-state index contributed by atoms with van der Waals surface area (Å²) in [4.78, 5) is 11.5. The fourth-order valence-electron chi connectivity index (χ4n) is 2.48. The van der Waals surface area contributed by atoms with E-state index in [0.29, 0.717) is 13.0 Å². The minimum absolute atomic E-state index is 0.0998. The lowest BCUT2D eigenvalue weighted by Gasteiger charge is -2.31. The molecule has 3 nitrogen and oxygen atoms in total. The van der Waals surface area contributed by atoms with Crippen LogP contribution in [-0.2, 0) is 4.79 Å². The molecule has 1 aliphatic heterocycles. The third-order valence-electron chi connectivity index (χ3n) is 4.23. The first-order valence-electron chi connectivity index (χ1n) is 6.40. The zero-order chi connectivity index (χ0) is 13.3. The minimum atomic E-state index is -0.720. The highest BCUT2D eigenvalue weighted by Crippen LogP contribution is 2.43. The Balaban J connectivity index is 2.23. The fourth-order valence-corrected chi connectivity index (χ4v) is 2.48. The van der Waals surface area contributed by atoms with Crippen molar-refractivity contribution in [1.82, 2.24) is 0 Å². The van der Waals surface area contributed by atoms with Crippen molar-refractivity contribution < 1.29 is 14.6 Å². The Morgan fingerprint density at radius 2 is 2.17 bits per heavy atom. The van der Waals surface area contributed by atoms with E-state index in [4.69, 9.17) is 4.74 Å². The van der Waals surface area contributed by atoms with Gasteiger partial charge in [0.15, 0.2) is 0 Å². The number of ether oxygens (including phenoxy) is 1. The number of aliphatic carboxylic acids is 1. The summed E-state index contributed by atoms with van der Waals surface area (Å²) in [7, 11) is 0.